The van der Waals surface area contributed by atoms with Gasteiger partial charge in [-0.2, -0.15) is 0 Å². The number of ether oxygens (including phenoxy) is 2. The van der Waals surface area contributed by atoms with Gasteiger partial charge in [0, 0.05) is 12.1 Å². The molecule has 8 nitrogen and oxygen atoms in total. The Kier molecular flexibility index (Phi) is 5.29. The Morgan fingerprint density at radius 3 is 1.86 bits per heavy atom. The van der Waals surface area contributed by atoms with Gasteiger partial charge in [-0.1, -0.05) is 24.3 Å². The van der Waals surface area contributed by atoms with Crippen LogP contribution in [0.15, 0.2) is 84.9 Å². The first-order valence-electron chi connectivity index (χ1n) is 11.8. The van der Waals surface area contributed by atoms with E-state index in [-0.39, 0.29) is 41.2 Å². The standard InChI is InChI=1S/C28H22N2O6/c31-27-25-18-3-4-19(15-18)26(25)28(32)29(27)20-5-11-22(12-6-20)35-16-17-1-9-23(10-2-17)36-24-13-7-21(8-14-24)30(33)34/h1-14,18-19,25-26H,15-16H2/t18-,19-,25+,26+/m0/s1. The van der Waals surface area contributed by atoms with Crippen molar-refractivity contribution in [1.82, 2.24) is 0 Å². The molecule has 180 valence electrons. The van der Waals surface area contributed by atoms with Crippen molar-refractivity contribution in [1.29, 1.82) is 0 Å². The van der Waals surface area contributed by atoms with Crippen molar-refractivity contribution in [3.63, 3.8) is 0 Å². The maximum atomic E-state index is 13.0. The molecule has 0 aromatic heterocycles. The Labute approximate surface area is 206 Å². The van der Waals surface area contributed by atoms with E-state index < -0.39 is 4.92 Å². The molecule has 0 spiro atoms. The first-order valence-corrected chi connectivity index (χ1v) is 11.8. The molecule has 1 saturated carbocycles. The normalized spacial score (nSPS) is 23.7. The molecule has 1 heterocycles. The lowest BCUT2D eigenvalue weighted by atomic mass is 9.85. The van der Waals surface area contributed by atoms with Crippen LogP contribution in [0.2, 0.25) is 0 Å². The number of hydrogen-bond acceptors (Lipinski definition) is 6. The summed E-state index contributed by atoms with van der Waals surface area (Å²) in [5.74, 6) is 1.51. The van der Waals surface area contributed by atoms with Crippen LogP contribution in [-0.2, 0) is 16.2 Å². The predicted octanol–water partition coefficient (Wildman–Crippen LogP) is 5.28. The van der Waals surface area contributed by atoms with Crippen molar-refractivity contribution < 1.29 is 24.0 Å². The number of nitrogens with zero attached hydrogens (tertiary/aromatic N) is 2. The first-order chi connectivity index (χ1) is 17.5. The monoisotopic (exact) mass is 482 g/mol. The highest BCUT2D eigenvalue weighted by Crippen LogP contribution is 2.53. The third kappa shape index (κ3) is 3.80. The van der Waals surface area contributed by atoms with Crippen LogP contribution in [0.4, 0.5) is 11.4 Å². The summed E-state index contributed by atoms with van der Waals surface area (Å²) >= 11 is 0. The summed E-state index contributed by atoms with van der Waals surface area (Å²) in [7, 11) is 0. The zero-order chi connectivity index (χ0) is 24.8. The fourth-order valence-electron chi connectivity index (χ4n) is 5.44. The topological polar surface area (TPSA) is 99.0 Å². The molecule has 6 rings (SSSR count). The Morgan fingerprint density at radius 2 is 1.31 bits per heavy atom. The second-order valence-corrected chi connectivity index (χ2v) is 9.29. The van der Waals surface area contributed by atoms with Crippen LogP contribution in [0.3, 0.4) is 0 Å². The number of amides is 2. The Morgan fingerprint density at radius 1 is 0.778 bits per heavy atom. The van der Waals surface area contributed by atoms with Crippen LogP contribution in [0.25, 0.3) is 0 Å². The molecular weight excluding hydrogens is 460 g/mol. The summed E-state index contributed by atoms with van der Waals surface area (Å²) in [5.41, 5.74) is 1.52. The maximum absolute atomic E-state index is 13.0. The van der Waals surface area contributed by atoms with Gasteiger partial charge in [0.25, 0.3) is 5.69 Å². The summed E-state index contributed by atoms with van der Waals surface area (Å²) in [6.45, 7) is 0.331. The number of nitro groups is 1. The van der Waals surface area contributed by atoms with E-state index in [2.05, 4.69) is 12.2 Å². The van der Waals surface area contributed by atoms with Crippen molar-refractivity contribution in [3.05, 3.63) is 101 Å². The number of allylic oxidation sites excluding steroid dienone is 2. The molecule has 0 N–H and O–H groups in total. The second kappa shape index (κ2) is 8.64. The minimum absolute atomic E-state index is 0.00765. The fraction of sp³-hybridized carbons (Fsp3) is 0.214. The molecule has 3 aliphatic rings. The van der Waals surface area contributed by atoms with Gasteiger partial charge in [0.2, 0.25) is 11.8 Å². The van der Waals surface area contributed by atoms with Gasteiger partial charge in [-0.25, -0.2) is 0 Å². The molecule has 0 unspecified atom stereocenters. The van der Waals surface area contributed by atoms with Crippen molar-refractivity contribution in [2.45, 2.75) is 13.0 Å². The largest absolute Gasteiger partial charge is 0.489 e. The number of fused-ring (bicyclic) bond motifs is 5. The molecule has 36 heavy (non-hydrogen) atoms. The highest BCUT2D eigenvalue weighted by atomic mass is 16.6. The van der Waals surface area contributed by atoms with E-state index >= 15 is 0 Å². The smallest absolute Gasteiger partial charge is 0.269 e. The average Bonchev–Trinajstić information content (AvgIpc) is 3.58. The Hall–Kier alpha value is -4.46. The number of anilines is 1. The van der Waals surface area contributed by atoms with Gasteiger partial charge in [-0.3, -0.25) is 24.6 Å². The summed E-state index contributed by atoms with van der Waals surface area (Å²) < 4.78 is 11.6. The third-order valence-corrected chi connectivity index (χ3v) is 7.18. The minimum Gasteiger partial charge on any atom is -0.489 e. The molecule has 0 radical (unpaired) electrons. The van der Waals surface area contributed by atoms with Crippen LogP contribution < -0.4 is 14.4 Å². The van der Waals surface area contributed by atoms with Crippen LogP contribution >= 0.6 is 0 Å². The van der Waals surface area contributed by atoms with E-state index in [0.717, 1.165) is 12.0 Å². The molecule has 1 saturated heterocycles. The number of imide groups is 1. The molecule has 1 aliphatic heterocycles. The molecule has 2 bridgehead atoms. The molecule has 2 amide bonds. The predicted molar refractivity (Wildman–Crippen MR) is 131 cm³/mol. The second-order valence-electron chi connectivity index (χ2n) is 9.29. The Balaban J connectivity index is 1.05. The van der Waals surface area contributed by atoms with E-state index in [9.17, 15) is 19.7 Å². The molecule has 2 aliphatic carbocycles. The van der Waals surface area contributed by atoms with Crippen molar-refractivity contribution in [2.75, 3.05) is 4.90 Å². The minimum atomic E-state index is -0.455. The van der Waals surface area contributed by atoms with E-state index in [1.54, 1.807) is 48.5 Å². The van der Waals surface area contributed by atoms with Gasteiger partial charge in [-0.05, 0) is 72.4 Å². The molecule has 2 fully saturated rings. The van der Waals surface area contributed by atoms with Gasteiger partial charge in [0.15, 0.2) is 0 Å². The van der Waals surface area contributed by atoms with Crippen LogP contribution in [0.1, 0.15) is 12.0 Å². The van der Waals surface area contributed by atoms with Gasteiger partial charge in [0.1, 0.15) is 23.9 Å². The van der Waals surface area contributed by atoms with E-state index in [0.29, 0.717) is 29.5 Å². The quantitative estimate of drug-likeness (QED) is 0.197. The zero-order valence-corrected chi connectivity index (χ0v) is 19.2. The van der Waals surface area contributed by atoms with Crippen LogP contribution in [0.5, 0.6) is 17.2 Å². The SMILES string of the molecule is O=C1[C@H]2[C@H](C(=O)N1c1ccc(OCc3ccc(Oc4ccc([N+](=O)[O-])cc4)cc3)cc1)[C@H]1C=C[C@H]2C1. The summed E-state index contributed by atoms with van der Waals surface area (Å²) in [6, 6.07) is 20.3. The number of hydrogen-bond donors (Lipinski definition) is 0. The van der Waals surface area contributed by atoms with Gasteiger partial charge >= 0.3 is 0 Å². The van der Waals surface area contributed by atoms with Crippen LogP contribution in [0, 0.1) is 33.8 Å². The van der Waals surface area contributed by atoms with Crippen molar-refractivity contribution in [2.24, 2.45) is 23.7 Å². The van der Waals surface area contributed by atoms with Gasteiger partial charge < -0.3 is 9.47 Å². The zero-order valence-electron chi connectivity index (χ0n) is 19.2. The molecule has 8 heteroatoms. The molecule has 3 aromatic carbocycles. The number of carbonyl (C=O) groups is 2. The highest BCUT2D eigenvalue weighted by Gasteiger charge is 2.59. The Bertz CT molecular complexity index is 1330. The van der Waals surface area contributed by atoms with E-state index in [4.69, 9.17) is 9.47 Å². The number of nitro benzene ring substituents is 1. The molecule has 3 aromatic rings. The highest BCUT2D eigenvalue weighted by molar-refractivity contribution is 6.22. The fourth-order valence-corrected chi connectivity index (χ4v) is 5.44. The number of rotatable bonds is 7. The summed E-state index contributed by atoms with van der Waals surface area (Å²) in [5, 5.41) is 10.8. The lowest BCUT2D eigenvalue weighted by Gasteiger charge is -2.17. The van der Waals surface area contributed by atoms with Gasteiger partial charge in [-0.15, -0.1) is 0 Å². The van der Waals surface area contributed by atoms with E-state index in [1.165, 1.54) is 17.0 Å². The molecule has 4 atom stereocenters. The van der Waals surface area contributed by atoms with Crippen LogP contribution in [-0.4, -0.2) is 16.7 Å². The maximum Gasteiger partial charge on any atom is 0.269 e. The number of non-ortho nitro benzene ring substituents is 1. The average molecular weight is 482 g/mol. The number of benzene rings is 3. The van der Waals surface area contributed by atoms with Crippen molar-refractivity contribution in [3.8, 4) is 17.2 Å². The third-order valence-electron chi connectivity index (χ3n) is 7.18. The van der Waals surface area contributed by atoms with E-state index in [1.807, 2.05) is 12.1 Å². The summed E-state index contributed by atoms with van der Waals surface area (Å²) in [4.78, 5) is 37.6. The van der Waals surface area contributed by atoms with Crippen molar-refractivity contribution >= 4 is 23.2 Å². The lowest BCUT2D eigenvalue weighted by molar-refractivity contribution is -0.384. The first kappa shape index (κ1) is 22.0. The summed E-state index contributed by atoms with van der Waals surface area (Å²) in [6.07, 6.45) is 5.09. The molecular formula is C28H22N2O6. The number of carbonyl (C=O) groups excluding carboxylic acids is 2. The van der Waals surface area contributed by atoms with Gasteiger partial charge in [0.05, 0.1) is 22.4 Å². The lowest BCUT2D eigenvalue weighted by Crippen LogP contribution is -2.32.